The molecule has 178 valence electrons. The number of benzene rings is 2. The van der Waals surface area contributed by atoms with Gasteiger partial charge in [-0.3, -0.25) is 9.80 Å². The van der Waals surface area contributed by atoms with Crippen molar-refractivity contribution in [1.29, 1.82) is 0 Å². The van der Waals surface area contributed by atoms with Crippen molar-refractivity contribution in [2.45, 2.75) is 44.2 Å². The zero-order valence-electron chi connectivity index (χ0n) is 19.9. The van der Waals surface area contributed by atoms with Gasteiger partial charge in [0.25, 0.3) is 0 Å². The van der Waals surface area contributed by atoms with E-state index in [1.165, 1.54) is 43.2 Å². The Bertz CT molecular complexity index is 798. The highest BCUT2D eigenvalue weighted by molar-refractivity contribution is 5.31. The molecule has 1 heterocycles. The van der Waals surface area contributed by atoms with Crippen LogP contribution in [0.25, 0.3) is 0 Å². The predicted octanol–water partition coefficient (Wildman–Crippen LogP) is 4.60. The van der Waals surface area contributed by atoms with Crippen LogP contribution < -0.4 is 0 Å². The Balaban J connectivity index is 1.06. The fourth-order valence-electron chi connectivity index (χ4n) is 6.62. The third-order valence-corrected chi connectivity index (χ3v) is 8.30. The van der Waals surface area contributed by atoms with Crippen LogP contribution in [0.1, 0.15) is 49.3 Å². The quantitative estimate of drug-likeness (QED) is 0.539. The number of rotatable bonds is 10. The van der Waals surface area contributed by atoms with Crippen LogP contribution in [0.3, 0.4) is 0 Å². The number of aliphatic hydroxyl groups is 1. The number of piperazine rings is 1. The minimum atomic E-state index is -0.393. The summed E-state index contributed by atoms with van der Waals surface area (Å²) in [5, 5.41) is 10.5. The number of nitrogens with zero attached hydrogens (tertiary/aromatic N) is 2. The highest BCUT2D eigenvalue weighted by atomic mass is 16.5. The first-order valence-corrected chi connectivity index (χ1v) is 13.1. The number of β-amino-alcohol motifs (C(OH)–C–C–N with tert-alkyl or cyclic N) is 1. The average molecular weight is 449 g/mol. The second-order valence-electron chi connectivity index (χ2n) is 10.5. The molecule has 2 aromatic carbocycles. The van der Waals surface area contributed by atoms with Gasteiger partial charge in [-0.1, -0.05) is 67.1 Å². The van der Waals surface area contributed by atoms with Gasteiger partial charge in [0.1, 0.15) is 0 Å². The Morgan fingerprint density at radius 2 is 1.52 bits per heavy atom. The van der Waals surface area contributed by atoms with Crippen molar-refractivity contribution in [2.75, 3.05) is 45.9 Å². The number of aliphatic hydroxyl groups excluding tert-OH is 1. The third kappa shape index (κ3) is 5.86. The summed E-state index contributed by atoms with van der Waals surface area (Å²) in [6, 6.07) is 21.9. The first-order valence-electron chi connectivity index (χ1n) is 13.1. The Kier molecular flexibility index (Phi) is 7.78. The Morgan fingerprint density at radius 3 is 2.09 bits per heavy atom. The first kappa shape index (κ1) is 23.0. The zero-order chi connectivity index (χ0) is 22.5. The van der Waals surface area contributed by atoms with Crippen LogP contribution in [0.15, 0.2) is 60.7 Å². The summed E-state index contributed by atoms with van der Waals surface area (Å²) in [5.41, 5.74) is 2.70. The Morgan fingerprint density at radius 1 is 0.848 bits per heavy atom. The molecule has 33 heavy (non-hydrogen) atoms. The molecule has 0 amide bonds. The molecule has 3 fully saturated rings. The van der Waals surface area contributed by atoms with Crippen molar-refractivity contribution in [1.82, 2.24) is 9.80 Å². The van der Waals surface area contributed by atoms with E-state index in [0.29, 0.717) is 13.2 Å². The van der Waals surface area contributed by atoms with Gasteiger partial charge in [-0.15, -0.1) is 0 Å². The molecular weight excluding hydrogens is 408 g/mol. The molecule has 4 atom stereocenters. The molecule has 1 N–H and O–H groups in total. The SMILES string of the molecule is O[C@H](COCC[C@@H]1C[C@H]2CC[C@H]1C2)CN1CCN(C(c2ccccc2)c2ccccc2)CC1. The van der Waals surface area contributed by atoms with Gasteiger partial charge in [0.15, 0.2) is 0 Å². The Hall–Kier alpha value is -1.72. The molecule has 0 spiro atoms. The zero-order valence-corrected chi connectivity index (χ0v) is 19.9. The molecule has 4 nitrogen and oxygen atoms in total. The van der Waals surface area contributed by atoms with Crippen molar-refractivity contribution in [3.8, 4) is 0 Å². The summed E-state index contributed by atoms with van der Waals surface area (Å²) >= 11 is 0. The molecule has 1 aliphatic heterocycles. The molecule has 4 heteroatoms. The van der Waals surface area contributed by atoms with Crippen molar-refractivity contribution in [2.24, 2.45) is 17.8 Å². The normalized spacial score (nSPS) is 26.8. The average Bonchev–Trinajstić information content (AvgIpc) is 3.48. The molecule has 0 radical (unpaired) electrons. The van der Waals surface area contributed by atoms with Gasteiger partial charge in [0.05, 0.1) is 18.8 Å². The lowest BCUT2D eigenvalue weighted by atomic mass is 9.87. The molecule has 0 unspecified atom stereocenters. The molecule has 0 aromatic heterocycles. The van der Waals surface area contributed by atoms with Gasteiger partial charge >= 0.3 is 0 Å². The van der Waals surface area contributed by atoms with Crippen LogP contribution >= 0.6 is 0 Å². The summed E-state index contributed by atoms with van der Waals surface area (Å²) in [6.45, 7) is 5.98. The molecule has 2 bridgehead atoms. The highest BCUT2D eigenvalue weighted by Gasteiger charge is 2.38. The lowest BCUT2D eigenvalue weighted by molar-refractivity contribution is 0.000295. The summed E-state index contributed by atoms with van der Waals surface area (Å²) < 4.78 is 5.89. The van der Waals surface area contributed by atoms with Crippen LogP contribution in [0.2, 0.25) is 0 Å². The molecular formula is C29H40N2O2. The summed E-state index contributed by atoms with van der Waals surface area (Å²) in [6.07, 6.45) is 6.59. The minimum absolute atomic E-state index is 0.286. The number of fused-ring (bicyclic) bond motifs is 2. The van der Waals surface area contributed by atoms with Crippen molar-refractivity contribution < 1.29 is 9.84 Å². The maximum Gasteiger partial charge on any atom is 0.0900 e. The molecule has 2 aliphatic carbocycles. The number of hydrogen-bond acceptors (Lipinski definition) is 4. The van der Waals surface area contributed by atoms with E-state index in [-0.39, 0.29) is 6.04 Å². The lowest BCUT2D eigenvalue weighted by Crippen LogP contribution is -2.50. The van der Waals surface area contributed by atoms with Crippen LogP contribution in [-0.2, 0) is 4.74 Å². The maximum atomic E-state index is 10.5. The minimum Gasteiger partial charge on any atom is -0.389 e. The molecule has 2 saturated carbocycles. The Labute approximate surface area is 199 Å². The summed E-state index contributed by atoms with van der Waals surface area (Å²) in [4.78, 5) is 4.98. The van der Waals surface area contributed by atoms with E-state index in [1.807, 2.05) is 0 Å². The van der Waals surface area contributed by atoms with E-state index in [2.05, 4.69) is 70.5 Å². The smallest absolute Gasteiger partial charge is 0.0900 e. The molecule has 3 aliphatic rings. The van der Waals surface area contributed by atoms with Gasteiger partial charge in [0, 0.05) is 39.3 Å². The van der Waals surface area contributed by atoms with Gasteiger partial charge in [-0.05, 0) is 54.6 Å². The van der Waals surface area contributed by atoms with Crippen LogP contribution in [0, 0.1) is 17.8 Å². The molecule has 2 aromatic rings. The molecule has 1 saturated heterocycles. The summed E-state index contributed by atoms with van der Waals surface area (Å²) in [7, 11) is 0. The van der Waals surface area contributed by atoms with E-state index in [4.69, 9.17) is 4.74 Å². The topological polar surface area (TPSA) is 35.9 Å². The second kappa shape index (κ2) is 11.1. The van der Waals surface area contributed by atoms with Crippen molar-refractivity contribution in [3.05, 3.63) is 71.8 Å². The van der Waals surface area contributed by atoms with E-state index >= 15 is 0 Å². The fraction of sp³-hybridized carbons (Fsp3) is 0.586. The van der Waals surface area contributed by atoms with Gasteiger partial charge in [-0.25, -0.2) is 0 Å². The third-order valence-electron chi connectivity index (χ3n) is 8.30. The monoisotopic (exact) mass is 448 g/mol. The maximum absolute atomic E-state index is 10.5. The predicted molar refractivity (Wildman–Crippen MR) is 133 cm³/mol. The van der Waals surface area contributed by atoms with Crippen molar-refractivity contribution in [3.63, 3.8) is 0 Å². The largest absolute Gasteiger partial charge is 0.389 e. The van der Waals surface area contributed by atoms with E-state index in [9.17, 15) is 5.11 Å². The van der Waals surface area contributed by atoms with E-state index in [1.54, 1.807) is 0 Å². The van der Waals surface area contributed by atoms with Gasteiger partial charge in [-0.2, -0.15) is 0 Å². The van der Waals surface area contributed by atoms with E-state index < -0.39 is 6.10 Å². The highest BCUT2D eigenvalue weighted by Crippen LogP contribution is 2.49. The van der Waals surface area contributed by atoms with Crippen LogP contribution in [-0.4, -0.2) is 66.9 Å². The lowest BCUT2D eigenvalue weighted by Gasteiger charge is -2.40. The van der Waals surface area contributed by atoms with Crippen molar-refractivity contribution >= 4 is 0 Å². The second-order valence-corrected chi connectivity index (χ2v) is 10.5. The van der Waals surface area contributed by atoms with Gasteiger partial charge in [0.2, 0.25) is 0 Å². The van der Waals surface area contributed by atoms with Crippen LogP contribution in [0.5, 0.6) is 0 Å². The summed E-state index contributed by atoms with van der Waals surface area (Å²) in [5.74, 6) is 2.86. The number of ether oxygens (including phenoxy) is 1. The first-order chi connectivity index (χ1) is 16.3. The number of hydrogen-bond donors (Lipinski definition) is 1. The van der Waals surface area contributed by atoms with Crippen LogP contribution in [0.4, 0.5) is 0 Å². The molecule has 5 rings (SSSR count). The fourth-order valence-corrected chi connectivity index (χ4v) is 6.62. The standard InChI is InChI=1S/C29H40N2O2/c32-28(22-33-18-13-27-20-23-11-12-26(27)19-23)21-30-14-16-31(17-15-30)29(24-7-3-1-4-8-24)25-9-5-2-6-10-25/h1-10,23,26-29,32H,11-22H2/t23-,26-,27+,28-/m0/s1. The van der Waals surface area contributed by atoms with Gasteiger partial charge < -0.3 is 9.84 Å². The van der Waals surface area contributed by atoms with E-state index in [0.717, 1.165) is 50.5 Å².